The van der Waals surface area contributed by atoms with Crippen molar-refractivity contribution in [3.63, 3.8) is 0 Å². The summed E-state index contributed by atoms with van der Waals surface area (Å²) in [5, 5.41) is 0. The quantitative estimate of drug-likeness (QED) is 0.478. The number of aromatic amines is 1. The maximum atomic E-state index is 6.41. The van der Waals surface area contributed by atoms with Gasteiger partial charge in [-0.2, -0.15) is 0 Å². The fourth-order valence-electron chi connectivity index (χ4n) is 3.85. The van der Waals surface area contributed by atoms with Gasteiger partial charge in [0.15, 0.2) is 0 Å². The molecule has 4 rings (SSSR count). The molecule has 0 unspecified atom stereocenters. The summed E-state index contributed by atoms with van der Waals surface area (Å²) in [5.41, 5.74) is 19.5. The van der Waals surface area contributed by atoms with E-state index in [1.807, 2.05) is 30.3 Å². The van der Waals surface area contributed by atoms with E-state index >= 15 is 0 Å². The van der Waals surface area contributed by atoms with Gasteiger partial charge in [0.1, 0.15) is 5.82 Å². The number of H-pyrrole nitrogens is 1. The standard InChI is InChI=1S/C29H33N5/c1-28(2,3)25(30)24-17-20-15-18(11-13-21(20)32-24)9-7-8-10-19-12-14-22-23(16-19)34-27(33-22)26(31)29(4,5)6/h11-16,25-26H,17,30-31H2,1-6H3,(H,33,34)/t25-,26-/m1/s1. The average molecular weight is 452 g/mol. The van der Waals surface area contributed by atoms with Crippen LogP contribution in [0.4, 0.5) is 5.69 Å². The summed E-state index contributed by atoms with van der Waals surface area (Å²) in [4.78, 5) is 12.7. The Morgan fingerprint density at radius 3 is 2.12 bits per heavy atom. The smallest absolute Gasteiger partial charge is 0.124 e. The summed E-state index contributed by atoms with van der Waals surface area (Å²) >= 11 is 0. The third-order valence-corrected chi connectivity index (χ3v) is 6.21. The van der Waals surface area contributed by atoms with E-state index in [1.165, 1.54) is 5.56 Å². The predicted molar refractivity (Wildman–Crippen MR) is 141 cm³/mol. The lowest BCUT2D eigenvalue weighted by molar-refractivity contribution is 0.317. The van der Waals surface area contributed by atoms with Crippen LogP contribution in [0.1, 0.15) is 70.1 Å². The Labute approximate surface area is 202 Å². The molecule has 174 valence electrons. The number of nitrogens with one attached hydrogen (secondary N) is 1. The molecule has 0 amide bonds. The second-order valence-corrected chi connectivity index (χ2v) is 11.2. The highest BCUT2D eigenvalue weighted by atomic mass is 15.0. The van der Waals surface area contributed by atoms with Gasteiger partial charge >= 0.3 is 0 Å². The maximum absolute atomic E-state index is 6.41. The number of benzene rings is 2. The van der Waals surface area contributed by atoms with Crippen molar-refractivity contribution in [1.82, 2.24) is 9.97 Å². The molecule has 0 radical (unpaired) electrons. The van der Waals surface area contributed by atoms with E-state index in [0.717, 1.165) is 45.8 Å². The molecule has 5 heteroatoms. The molecule has 2 heterocycles. The van der Waals surface area contributed by atoms with Gasteiger partial charge < -0.3 is 16.5 Å². The second kappa shape index (κ2) is 8.76. The Balaban J connectivity index is 1.47. The van der Waals surface area contributed by atoms with Gasteiger partial charge in [-0.1, -0.05) is 53.4 Å². The molecule has 34 heavy (non-hydrogen) atoms. The lowest BCUT2D eigenvalue weighted by Gasteiger charge is -2.27. The summed E-state index contributed by atoms with van der Waals surface area (Å²) in [6, 6.07) is 11.8. The number of imidazole rings is 1. The zero-order valence-corrected chi connectivity index (χ0v) is 20.9. The van der Waals surface area contributed by atoms with Crippen LogP contribution in [0.5, 0.6) is 0 Å². The van der Waals surface area contributed by atoms with E-state index in [9.17, 15) is 0 Å². The molecule has 5 N–H and O–H groups in total. The first-order valence-electron chi connectivity index (χ1n) is 11.6. The summed E-state index contributed by atoms with van der Waals surface area (Å²) < 4.78 is 0. The maximum Gasteiger partial charge on any atom is 0.124 e. The highest BCUT2D eigenvalue weighted by Crippen LogP contribution is 2.32. The normalized spacial score (nSPS) is 15.0. The van der Waals surface area contributed by atoms with Crippen LogP contribution in [0.25, 0.3) is 11.0 Å². The number of hydrogen-bond donors (Lipinski definition) is 3. The molecule has 2 atom stereocenters. The first kappa shape index (κ1) is 23.8. The van der Waals surface area contributed by atoms with Crippen molar-refractivity contribution < 1.29 is 0 Å². The van der Waals surface area contributed by atoms with Gasteiger partial charge in [-0.25, -0.2) is 4.98 Å². The van der Waals surface area contributed by atoms with Gasteiger partial charge in [-0.05, 0) is 64.6 Å². The SMILES string of the molecule is CC(C)(C)[C@H](N)C1=Nc2ccc(C#CC#Cc3ccc4nc([C@@H](N)C(C)(C)C)[nH]c4c3)cc2C1. The fraction of sp³-hybridized carbons (Fsp3) is 0.379. The van der Waals surface area contributed by atoms with Crippen LogP contribution in [0.2, 0.25) is 0 Å². The topological polar surface area (TPSA) is 93.1 Å². The van der Waals surface area contributed by atoms with E-state index < -0.39 is 0 Å². The molecule has 5 nitrogen and oxygen atoms in total. The summed E-state index contributed by atoms with van der Waals surface area (Å²) in [5.74, 6) is 13.0. The molecule has 0 fully saturated rings. The van der Waals surface area contributed by atoms with Gasteiger partial charge in [-0.3, -0.25) is 4.99 Å². The molecule has 1 aliphatic rings. The Kier molecular flexibility index (Phi) is 6.13. The second-order valence-electron chi connectivity index (χ2n) is 11.2. The van der Waals surface area contributed by atoms with Gasteiger partial charge in [0.2, 0.25) is 0 Å². The highest BCUT2D eigenvalue weighted by Gasteiger charge is 2.29. The van der Waals surface area contributed by atoms with Crippen molar-refractivity contribution in [2.45, 2.75) is 60.0 Å². The van der Waals surface area contributed by atoms with Crippen LogP contribution in [-0.4, -0.2) is 21.7 Å². The number of nitrogens with zero attached hydrogens (tertiary/aromatic N) is 2. The molecule has 1 aromatic heterocycles. The van der Waals surface area contributed by atoms with Crippen molar-refractivity contribution in [2.24, 2.45) is 27.3 Å². The van der Waals surface area contributed by atoms with Crippen molar-refractivity contribution in [3.8, 4) is 23.7 Å². The molecule has 0 saturated carbocycles. The summed E-state index contributed by atoms with van der Waals surface area (Å²) in [6.45, 7) is 12.7. The first-order valence-corrected chi connectivity index (χ1v) is 11.6. The summed E-state index contributed by atoms with van der Waals surface area (Å²) in [6.07, 6.45) is 0.778. The Hall–Kier alpha value is -3.38. The number of nitrogens with two attached hydrogens (primary N) is 2. The molecular formula is C29H33N5. The number of aliphatic imine (C=N–C) groups is 1. The van der Waals surface area contributed by atoms with E-state index in [-0.39, 0.29) is 22.9 Å². The number of rotatable bonds is 2. The van der Waals surface area contributed by atoms with Crippen LogP contribution in [0, 0.1) is 34.5 Å². The van der Waals surface area contributed by atoms with Gasteiger partial charge in [0.25, 0.3) is 0 Å². The van der Waals surface area contributed by atoms with Gasteiger partial charge in [0, 0.05) is 29.3 Å². The van der Waals surface area contributed by atoms with Crippen LogP contribution < -0.4 is 11.5 Å². The number of aromatic nitrogens is 2. The third kappa shape index (κ3) is 5.07. The molecule has 3 aromatic rings. The lowest BCUT2D eigenvalue weighted by Crippen LogP contribution is -2.42. The van der Waals surface area contributed by atoms with Crippen molar-refractivity contribution in [1.29, 1.82) is 0 Å². The number of hydrogen-bond acceptors (Lipinski definition) is 4. The van der Waals surface area contributed by atoms with E-state index in [4.69, 9.17) is 16.5 Å². The molecule has 0 saturated heterocycles. The lowest BCUT2D eigenvalue weighted by atomic mass is 9.83. The zero-order chi connectivity index (χ0) is 24.7. The highest BCUT2D eigenvalue weighted by molar-refractivity contribution is 5.98. The Morgan fingerprint density at radius 1 is 0.853 bits per heavy atom. The van der Waals surface area contributed by atoms with Gasteiger partial charge in [0.05, 0.1) is 22.8 Å². The van der Waals surface area contributed by atoms with E-state index in [0.29, 0.717) is 0 Å². The average Bonchev–Trinajstić information content (AvgIpc) is 3.37. The molecule has 0 bridgehead atoms. The van der Waals surface area contributed by atoms with Crippen molar-refractivity contribution >= 4 is 22.4 Å². The number of fused-ring (bicyclic) bond motifs is 2. The van der Waals surface area contributed by atoms with Crippen LogP contribution in [0.15, 0.2) is 41.4 Å². The molecule has 1 aliphatic heterocycles. The van der Waals surface area contributed by atoms with Crippen molar-refractivity contribution in [2.75, 3.05) is 0 Å². The molecule has 0 aliphatic carbocycles. The molecule has 0 spiro atoms. The largest absolute Gasteiger partial charge is 0.341 e. The summed E-state index contributed by atoms with van der Waals surface area (Å²) in [7, 11) is 0. The predicted octanol–water partition coefficient (Wildman–Crippen LogP) is 5.01. The minimum Gasteiger partial charge on any atom is -0.341 e. The fourth-order valence-corrected chi connectivity index (χ4v) is 3.85. The molecular weight excluding hydrogens is 418 g/mol. The Bertz CT molecular complexity index is 1390. The van der Waals surface area contributed by atoms with E-state index in [2.05, 4.69) is 81.3 Å². The monoisotopic (exact) mass is 451 g/mol. The third-order valence-electron chi connectivity index (χ3n) is 6.21. The first-order chi connectivity index (χ1) is 15.9. The van der Waals surface area contributed by atoms with Crippen LogP contribution in [0.3, 0.4) is 0 Å². The zero-order valence-electron chi connectivity index (χ0n) is 20.9. The van der Waals surface area contributed by atoms with Crippen LogP contribution >= 0.6 is 0 Å². The molecule has 2 aromatic carbocycles. The van der Waals surface area contributed by atoms with E-state index in [1.54, 1.807) is 0 Å². The minimum absolute atomic E-state index is 0.0154. The van der Waals surface area contributed by atoms with Crippen molar-refractivity contribution in [3.05, 3.63) is 58.9 Å². The minimum atomic E-state index is -0.168. The van der Waals surface area contributed by atoms with Gasteiger partial charge in [-0.15, -0.1) is 0 Å². The Morgan fingerprint density at radius 2 is 1.47 bits per heavy atom. The van der Waals surface area contributed by atoms with Crippen LogP contribution in [-0.2, 0) is 6.42 Å².